The number of hydrogen-bond donors (Lipinski definition) is 1. The Balaban J connectivity index is 2.19. The molecule has 0 aromatic heterocycles. The van der Waals surface area contributed by atoms with Crippen LogP contribution in [0.4, 0.5) is 0 Å². The Bertz CT molecular complexity index is 400. The minimum absolute atomic E-state index is 0.149. The van der Waals surface area contributed by atoms with Crippen molar-refractivity contribution in [3.8, 4) is 6.07 Å². The zero-order chi connectivity index (χ0) is 15.7. The molecule has 2 unspecified atom stereocenters. The lowest BCUT2D eigenvalue weighted by molar-refractivity contribution is -0.140. The van der Waals surface area contributed by atoms with Crippen LogP contribution in [0.3, 0.4) is 0 Å². The van der Waals surface area contributed by atoms with Crippen LogP contribution in [0, 0.1) is 34.0 Å². The Hall–Kier alpha value is -0.550. The molecule has 2 aliphatic rings. The second-order valence-corrected chi connectivity index (χ2v) is 8.81. The number of nitriles is 1. The molecule has 0 aromatic rings. The van der Waals surface area contributed by atoms with Gasteiger partial charge >= 0.3 is 0 Å². The molecule has 0 spiro atoms. The van der Waals surface area contributed by atoms with Gasteiger partial charge in [0, 0.05) is 0 Å². The molecule has 2 heteroatoms. The Kier molecular flexibility index (Phi) is 4.74. The number of nitrogens with zero attached hydrogens (tertiary/aromatic N) is 1. The summed E-state index contributed by atoms with van der Waals surface area (Å²) in [5.41, 5.74) is -1.13. The Morgan fingerprint density at radius 1 is 1.19 bits per heavy atom. The average Bonchev–Trinajstić information content (AvgIpc) is 2.37. The van der Waals surface area contributed by atoms with Crippen molar-refractivity contribution in [2.45, 2.75) is 91.1 Å². The molecule has 1 N–H and O–H groups in total. The third-order valence-corrected chi connectivity index (χ3v) is 6.12. The molecule has 0 heterocycles. The van der Waals surface area contributed by atoms with Crippen molar-refractivity contribution >= 4 is 0 Å². The molecule has 2 aliphatic carbocycles. The van der Waals surface area contributed by atoms with Gasteiger partial charge in [0.2, 0.25) is 0 Å². The van der Waals surface area contributed by atoms with Crippen LogP contribution in [-0.4, -0.2) is 10.7 Å². The Morgan fingerprint density at radius 3 is 2.29 bits per heavy atom. The predicted octanol–water partition coefficient (Wildman–Crippen LogP) is 5.06. The summed E-state index contributed by atoms with van der Waals surface area (Å²) in [4.78, 5) is 0. The van der Waals surface area contributed by atoms with Crippen LogP contribution in [0.15, 0.2) is 0 Å². The van der Waals surface area contributed by atoms with Gasteiger partial charge < -0.3 is 5.11 Å². The molecule has 21 heavy (non-hydrogen) atoms. The van der Waals surface area contributed by atoms with Gasteiger partial charge in [0.1, 0.15) is 0 Å². The molecule has 0 aliphatic heterocycles. The fourth-order valence-electron chi connectivity index (χ4n) is 5.44. The lowest BCUT2D eigenvalue weighted by Gasteiger charge is -2.53. The van der Waals surface area contributed by atoms with Crippen LogP contribution in [0.5, 0.6) is 0 Å². The zero-order valence-corrected chi connectivity index (χ0v) is 14.4. The first-order valence-corrected chi connectivity index (χ1v) is 8.89. The van der Waals surface area contributed by atoms with Crippen LogP contribution < -0.4 is 0 Å². The third kappa shape index (κ3) is 3.29. The van der Waals surface area contributed by atoms with Gasteiger partial charge in [-0.3, -0.25) is 0 Å². The molecule has 2 rings (SSSR count). The van der Waals surface area contributed by atoms with E-state index in [4.69, 9.17) is 0 Å². The maximum Gasteiger partial charge on any atom is 0.0860 e. The second kappa shape index (κ2) is 5.92. The van der Waals surface area contributed by atoms with Crippen molar-refractivity contribution in [3.63, 3.8) is 0 Å². The molecular formula is C19H33NO. The van der Waals surface area contributed by atoms with E-state index in [1.165, 1.54) is 12.8 Å². The minimum atomic E-state index is -0.778. The van der Waals surface area contributed by atoms with Gasteiger partial charge in [-0.2, -0.15) is 5.26 Å². The van der Waals surface area contributed by atoms with Gasteiger partial charge in [0.15, 0.2) is 0 Å². The molecule has 120 valence electrons. The fraction of sp³-hybridized carbons (Fsp3) is 0.947. The molecule has 0 amide bonds. The van der Waals surface area contributed by atoms with Gasteiger partial charge in [0.05, 0.1) is 17.1 Å². The van der Waals surface area contributed by atoms with E-state index in [-0.39, 0.29) is 5.41 Å². The van der Waals surface area contributed by atoms with Gasteiger partial charge in [-0.25, -0.2) is 0 Å². The molecule has 2 nitrogen and oxygen atoms in total. The van der Waals surface area contributed by atoms with Gasteiger partial charge in [-0.1, -0.05) is 40.5 Å². The lowest BCUT2D eigenvalue weighted by Crippen LogP contribution is -2.55. The molecule has 0 bridgehead atoms. The summed E-state index contributed by atoms with van der Waals surface area (Å²) in [7, 11) is 0. The van der Waals surface area contributed by atoms with Crippen molar-refractivity contribution in [2.24, 2.45) is 22.7 Å². The predicted molar refractivity (Wildman–Crippen MR) is 86.7 cm³/mol. The van der Waals surface area contributed by atoms with Gasteiger partial charge in [-0.05, 0) is 62.2 Å². The highest BCUT2D eigenvalue weighted by atomic mass is 16.3. The summed E-state index contributed by atoms with van der Waals surface area (Å²) >= 11 is 0. The molecule has 2 fully saturated rings. The normalized spacial score (nSPS) is 43.2. The van der Waals surface area contributed by atoms with Crippen molar-refractivity contribution in [2.75, 3.05) is 0 Å². The van der Waals surface area contributed by atoms with E-state index >= 15 is 0 Å². The monoisotopic (exact) mass is 291 g/mol. The van der Waals surface area contributed by atoms with Crippen molar-refractivity contribution in [3.05, 3.63) is 0 Å². The standard InChI is InChI=1S/C19H33NO/c1-5-6-16-7-9-18(14-20,10-8-16)19(21)12-15(2)11-17(3,4)13-19/h15-16,21H,5-13H2,1-4H3. The smallest absolute Gasteiger partial charge is 0.0860 e. The van der Waals surface area contributed by atoms with Gasteiger partial charge in [-0.15, -0.1) is 0 Å². The van der Waals surface area contributed by atoms with Gasteiger partial charge in [0.25, 0.3) is 0 Å². The first kappa shape index (κ1) is 16.8. The fourth-order valence-corrected chi connectivity index (χ4v) is 5.44. The highest BCUT2D eigenvalue weighted by Crippen LogP contribution is 2.56. The van der Waals surface area contributed by atoms with Crippen molar-refractivity contribution in [1.29, 1.82) is 5.26 Å². The van der Waals surface area contributed by atoms with Crippen molar-refractivity contribution in [1.82, 2.24) is 0 Å². The SMILES string of the molecule is CCCC1CCC(C#N)(C2(O)CC(C)CC(C)(C)C2)CC1. The number of hydrogen-bond acceptors (Lipinski definition) is 2. The number of aliphatic hydroxyl groups is 1. The molecule has 2 saturated carbocycles. The van der Waals surface area contributed by atoms with Crippen molar-refractivity contribution < 1.29 is 5.11 Å². The van der Waals surface area contributed by atoms with E-state index in [0.717, 1.165) is 50.9 Å². The highest BCUT2D eigenvalue weighted by Gasteiger charge is 2.56. The summed E-state index contributed by atoms with van der Waals surface area (Å²) in [6.45, 7) is 8.98. The third-order valence-electron chi connectivity index (χ3n) is 6.12. The van der Waals surface area contributed by atoms with E-state index in [2.05, 4.69) is 33.8 Å². The summed E-state index contributed by atoms with van der Waals surface area (Å²) in [6.07, 6.45) is 9.31. The maximum atomic E-state index is 11.4. The van der Waals surface area contributed by atoms with Crippen LogP contribution in [-0.2, 0) is 0 Å². The Morgan fingerprint density at radius 2 is 1.81 bits per heavy atom. The molecule has 0 saturated heterocycles. The summed E-state index contributed by atoms with van der Waals surface area (Å²) in [5, 5.41) is 21.4. The van der Waals surface area contributed by atoms with Crippen LogP contribution in [0.1, 0.15) is 85.5 Å². The summed E-state index contributed by atoms with van der Waals surface area (Å²) in [6, 6.07) is 2.60. The molecule has 2 atom stereocenters. The van der Waals surface area contributed by atoms with E-state index in [1.54, 1.807) is 0 Å². The quantitative estimate of drug-likeness (QED) is 0.789. The summed E-state index contributed by atoms with van der Waals surface area (Å²) in [5.74, 6) is 1.28. The maximum absolute atomic E-state index is 11.4. The van der Waals surface area contributed by atoms with E-state index < -0.39 is 11.0 Å². The number of rotatable bonds is 3. The van der Waals surface area contributed by atoms with E-state index in [1.807, 2.05) is 0 Å². The zero-order valence-electron chi connectivity index (χ0n) is 14.4. The van der Waals surface area contributed by atoms with Crippen LogP contribution >= 0.6 is 0 Å². The first-order valence-electron chi connectivity index (χ1n) is 8.89. The van der Waals surface area contributed by atoms with E-state index in [9.17, 15) is 10.4 Å². The lowest BCUT2D eigenvalue weighted by atomic mass is 9.53. The van der Waals surface area contributed by atoms with E-state index in [0.29, 0.717) is 5.92 Å². The largest absolute Gasteiger partial charge is 0.388 e. The summed E-state index contributed by atoms with van der Waals surface area (Å²) < 4.78 is 0. The topological polar surface area (TPSA) is 44.0 Å². The minimum Gasteiger partial charge on any atom is -0.388 e. The first-order chi connectivity index (χ1) is 9.76. The average molecular weight is 291 g/mol. The highest BCUT2D eigenvalue weighted by molar-refractivity contribution is 5.15. The second-order valence-electron chi connectivity index (χ2n) is 8.81. The molecular weight excluding hydrogens is 258 g/mol. The molecule has 0 aromatic carbocycles. The Labute approximate surface area is 130 Å². The van der Waals surface area contributed by atoms with Crippen LogP contribution in [0.2, 0.25) is 0 Å². The molecule has 0 radical (unpaired) electrons. The van der Waals surface area contributed by atoms with Crippen LogP contribution in [0.25, 0.3) is 0 Å².